The van der Waals surface area contributed by atoms with Crippen LogP contribution in [-0.4, -0.2) is 7.05 Å². The van der Waals surface area contributed by atoms with E-state index in [1.807, 2.05) is 13.1 Å². The van der Waals surface area contributed by atoms with Crippen LogP contribution in [0.4, 0.5) is 4.39 Å². The Morgan fingerprint density at radius 1 is 1.16 bits per heavy atom. The lowest BCUT2D eigenvalue weighted by Crippen LogP contribution is -2.12. The number of halogens is 2. The van der Waals surface area contributed by atoms with Crippen molar-refractivity contribution < 1.29 is 4.39 Å². The zero-order valence-electron chi connectivity index (χ0n) is 10.8. The van der Waals surface area contributed by atoms with Gasteiger partial charge in [-0.2, -0.15) is 0 Å². The van der Waals surface area contributed by atoms with E-state index in [0.29, 0.717) is 6.04 Å². The van der Waals surface area contributed by atoms with Gasteiger partial charge in [-0.15, -0.1) is 0 Å². The molecule has 2 aromatic rings. The van der Waals surface area contributed by atoms with E-state index < -0.39 is 0 Å². The van der Waals surface area contributed by atoms with E-state index >= 15 is 0 Å². The number of nitrogens with one attached hydrogen (secondary N) is 1. The van der Waals surface area contributed by atoms with Gasteiger partial charge in [0.25, 0.3) is 0 Å². The van der Waals surface area contributed by atoms with Gasteiger partial charge in [0.2, 0.25) is 0 Å². The van der Waals surface area contributed by atoms with Gasteiger partial charge in [-0.05, 0) is 49.9 Å². The van der Waals surface area contributed by atoms with Gasteiger partial charge in [0, 0.05) is 20.3 Å². The van der Waals surface area contributed by atoms with E-state index in [9.17, 15) is 4.39 Å². The van der Waals surface area contributed by atoms with E-state index in [0.717, 1.165) is 14.3 Å². The van der Waals surface area contributed by atoms with Crippen LogP contribution in [0, 0.1) is 5.82 Å². The summed E-state index contributed by atoms with van der Waals surface area (Å²) in [7, 11) is 1.94. The summed E-state index contributed by atoms with van der Waals surface area (Å²) in [5, 5.41) is 3.21. The van der Waals surface area contributed by atoms with Crippen molar-refractivity contribution in [2.45, 2.75) is 22.8 Å². The first-order chi connectivity index (χ1) is 9.10. The Balaban J connectivity index is 2.21. The predicted octanol–water partition coefficient (Wildman–Crippen LogP) is 5.02. The molecule has 0 aromatic heterocycles. The summed E-state index contributed by atoms with van der Waals surface area (Å²) in [6.45, 7) is 2.11. The Morgan fingerprint density at radius 2 is 1.89 bits per heavy atom. The van der Waals surface area contributed by atoms with Crippen LogP contribution >= 0.6 is 27.7 Å². The van der Waals surface area contributed by atoms with Crippen LogP contribution in [0.25, 0.3) is 0 Å². The minimum atomic E-state index is -0.204. The highest BCUT2D eigenvalue weighted by molar-refractivity contribution is 9.10. The lowest BCUT2D eigenvalue weighted by Gasteiger charge is -2.13. The first-order valence-corrected chi connectivity index (χ1v) is 7.61. The number of hydrogen-bond acceptors (Lipinski definition) is 2. The molecule has 0 spiro atoms. The van der Waals surface area contributed by atoms with Crippen LogP contribution in [0.15, 0.2) is 56.7 Å². The molecule has 0 aliphatic carbocycles. The number of benzene rings is 2. The summed E-state index contributed by atoms with van der Waals surface area (Å²) >= 11 is 5.14. The normalized spacial score (nSPS) is 12.4. The smallest absolute Gasteiger partial charge is 0.124 e. The van der Waals surface area contributed by atoms with Crippen LogP contribution in [0.5, 0.6) is 0 Å². The highest BCUT2D eigenvalue weighted by Crippen LogP contribution is 2.33. The predicted molar refractivity (Wildman–Crippen MR) is 82.1 cm³/mol. The lowest BCUT2D eigenvalue weighted by molar-refractivity contribution is 0.624. The Morgan fingerprint density at radius 3 is 2.53 bits per heavy atom. The summed E-state index contributed by atoms with van der Waals surface area (Å²) in [5.41, 5.74) is 1.21. The van der Waals surface area contributed by atoms with Crippen LogP contribution in [0.3, 0.4) is 0 Å². The van der Waals surface area contributed by atoms with Crippen LogP contribution in [0.1, 0.15) is 18.5 Å². The third kappa shape index (κ3) is 3.81. The van der Waals surface area contributed by atoms with Crippen LogP contribution < -0.4 is 5.32 Å². The molecule has 19 heavy (non-hydrogen) atoms. The summed E-state index contributed by atoms with van der Waals surface area (Å²) in [5.74, 6) is -0.204. The third-order valence-electron chi connectivity index (χ3n) is 2.90. The van der Waals surface area contributed by atoms with Crippen LogP contribution in [-0.2, 0) is 0 Å². The SMILES string of the molecule is CNC(C)c1ccc(Sc2cccc(F)c2)cc1Br. The van der Waals surface area contributed by atoms with Crippen molar-refractivity contribution in [3.63, 3.8) is 0 Å². The number of rotatable bonds is 4. The first kappa shape index (κ1) is 14.6. The monoisotopic (exact) mass is 339 g/mol. The third-order valence-corrected chi connectivity index (χ3v) is 4.57. The van der Waals surface area contributed by atoms with Crippen LogP contribution in [0.2, 0.25) is 0 Å². The second-order valence-corrected chi connectivity index (χ2v) is 6.25. The molecule has 1 unspecified atom stereocenters. The van der Waals surface area contributed by atoms with E-state index in [2.05, 4.69) is 46.4 Å². The van der Waals surface area contributed by atoms with Gasteiger partial charge in [-0.1, -0.05) is 39.8 Å². The maximum Gasteiger partial charge on any atom is 0.124 e. The molecule has 0 aliphatic heterocycles. The quantitative estimate of drug-likeness (QED) is 0.839. The van der Waals surface area contributed by atoms with Gasteiger partial charge in [-0.3, -0.25) is 0 Å². The van der Waals surface area contributed by atoms with Gasteiger partial charge in [0.15, 0.2) is 0 Å². The molecule has 2 aromatic carbocycles. The highest BCUT2D eigenvalue weighted by atomic mass is 79.9. The average Bonchev–Trinajstić information content (AvgIpc) is 2.38. The standard InChI is InChI=1S/C15H15BrFNS/c1-10(18-2)14-7-6-13(9-15(14)16)19-12-5-3-4-11(17)8-12/h3-10,18H,1-2H3. The number of hydrogen-bond donors (Lipinski definition) is 1. The molecule has 1 nitrogen and oxygen atoms in total. The topological polar surface area (TPSA) is 12.0 Å². The Hall–Kier alpha value is -0.840. The molecule has 1 N–H and O–H groups in total. The first-order valence-electron chi connectivity index (χ1n) is 6.00. The second kappa shape index (κ2) is 6.55. The molecule has 0 saturated heterocycles. The molecule has 0 heterocycles. The lowest BCUT2D eigenvalue weighted by atomic mass is 10.1. The minimum absolute atomic E-state index is 0.204. The highest BCUT2D eigenvalue weighted by Gasteiger charge is 2.08. The molecule has 0 aliphatic rings. The fraction of sp³-hybridized carbons (Fsp3) is 0.200. The molecular weight excluding hydrogens is 325 g/mol. The molecule has 0 radical (unpaired) electrons. The van der Waals surface area contributed by atoms with E-state index in [1.165, 1.54) is 11.6 Å². The van der Waals surface area contributed by atoms with Gasteiger partial charge < -0.3 is 5.32 Å². The van der Waals surface area contributed by atoms with Gasteiger partial charge in [0.1, 0.15) is 5.82 Å². The molecule has 4 heteroatoms. The Labute approximate surface area is 125 Å². The van der Waals surface area contributed by atoms with Gasteiger partial charge in [0.05, 0.1) is 0 Å². The maximum atomic E-state index is 13.1. The van der Waals surface area contributed by atoms with Gasteiger partial charge in [-0.25, -0.2) is 4.39 Å². The average molecular weight is 340 g/mol. The van der Waals surface area contributed by atoms with E-state index in [1.54, 1.807) is 23.9 Å². The van der Waals surface area contributed by atoms with Gasteiger partial charge >= 0.3 is 0 Å². The molecule has 100 valence electrons. The maximum absolute atomic E-state index is 13.1. The molecule has 2 rings (SSSR count). The fourth-order valence-corrected chi connectivity index (χ4v) is 3.52. The molecule has 1 atom stereocenters. The van der Waals surface area contributed by atoms with Crippen molar-refractivity contribution in [1.29, 1.82) is 0 Å². The summed E-state index contributed by atoms with van der Waals surface area (Å²) in [6, 6.07) is 13.1. The molecule has 0 saturated carbocycles. The molecule has 0 amide bonds. The summed E-state index contributed by atoms with van der Waals surface area (Å²) in [6.07, 6.45) is 0. The largest absolute Gasteiger partial charge is 0.313 e. The van der Waals surface area contributed by atoms with Crippen molar-refractivity contribution in [2.75, 3.05) is 7.05 Å². The zero-order valence-corrected chi connectivity index (χ0v) is 13.2. The van der Waals surface area contributed by atoms with Crippen molar-refractivity contribution >= 4 is 27.7 Å². The molecule has 0 fully saturated rings. The summed E-state index contributed by atoms with van der Waals surface area (Å²) in [4.78, 5) is 1.99. The zero-order chi connectivity index (χ0) is 13.8. The Bertz CT molecular complexity index is 574. The van der Waals surface area contributed by atoms with E-state index in [4.69, 9.17) is 0 Å². The second-order valence-electron chi connectivity index (χ2n) is 4.25. The van der Waals surface area contributed by atoms with Crippen molar-refractivity contribution in [1.82, 2.24) is 5.32 Å². The molecular formula is C15H15BrFNS. The fourth-order valence-electron chi connectivity index (χ4n) is 1.74. The summed E-state index contributed by atoms with van der Waals surface area (Å²) < 4.78 is 14.2. The Kier molecular flexibility index (Phi) is 5.02. The molecule has 0 bridgehead atoms. The van der Waals surface area contributed by atoms with Crippen molar-refractivity contribution in [2.24, 2.45) is 0 Å². The van der Waals surface area contributed by atoms with Crippen molar-refractivity contribution in [3.8, 4) is 0 Å². The van der Waals surface area contributed by atoms with E-state index in [-0.39, 0.29) is 5.82 Å². The minimum Gasteiger partial charge on any atom is -0.313 e. The van der Waals surface area contributed by atoms with Crippen molar-refractivity contribution in [3.05, 3.63) is 58.3 Å².